The number of carbonyl (C=O) groups is 2. The largest absolute Gasteiger partial charge is 0.465 e. The van der Waals surface area contributed by atoms with E-state index in [-0.39, 0.29) is 16.8 Å². The molecule has 2 aliphatic carbocycles. The van der Waals surface area contributed by atoms with E-state index in [1.165, 1.54) is 7.11 Å². The van der Waals surface area contributed by atoms with Crippen molar-refractivity contribution in [1.29, 1.82) is 0 Å². The molecule has 0 unspecified atom stereocenters. The summed E-state index contributed by atoms with van der Waals surface area (Å²) in [7, 11) is 1.33. The summed E-state index contributed by atoms with van der Waals surface area (Å²) in [5.74, 6) is -0.0883. The molecule has 0 heterocycles. The zero-order chi connectivity index (χ0) is 11.8. The molecule has 1 fully saturated rings. The smallest absolute Gasteiger partial charge is 0.341 e. The lowest BCUT2D eigenvalue weighted by atomic mass is 9.65. The molecule has 3 heteroatoms. The van der Waals surface area contributed by atoms with E-state index in [2.05, 4.69) is 11.7 Å². The van der Waals surface area contributed by atoms with E-state index in [0.29, 0.717) is 5.92 Å². The summed E-state index contributed by atoms with van der Waals surface area (Å²) in [6, 6.07) is 0. The Morgan fingerprint density at radius 1 is 1.44 bits per heavy atom. The predicted molar refractivity (Wildman–Crippen MR) is 59.8 cm³/mol. The first-order chi connectivity index (χ1) is 7.62. The Bertz CT molecular complexity index is 348. The molecule has 1 atom stereocenters. The second kappa shape index (κ2) is 4.04. The maximum absolute atomic E-state index is 12.4. The Hall–Kier alpha value is -1.12. The van der Waals surface area contributed by atoms with Crippen molar-refractivity contribution in [3.8, 4) is 0 Å². The third-order valence-corrected chi connectivity index (χ3v) is 4.22. The van der Waals surface area contributed by atoms with E-state index in [4.69, 9.17) is 0 Å². The zero-order valence-electron chi connectivity index (χ0n) is 9.91. The van der Waals surface area contributed by atoms with Crippen molar-refractivity contribution in [3.63, 3.8) is 0 Å². The maximum Gasteiger partial charge on any atom is 0.341 e. The molecule has 0 radical (unpaired) electrons. The van der Waals surface area contributed by atoms with E-state index in [9.17, 15) is 9.59 Å². The normalized spacial score (nSPS) is 28.0. The van der Waals surface area contributed by atoms with Crippen LogP contribution in [0.15, 0.2) is 11.6 Å². The van der Waals surface area contributed by atoms with Crippen LogP contribution in [0.25, 0.3) is 0 Å². The summed E-state index contributed by atoms with van der Waals surface area (Å²) in [5.41, 5.74) is 0.0145. The number of ketones is 1. The molecule has 0 aromatic carbocycles. The summed E-state index contributed by atoms with van der Waals surface area (Å²) >= 11 is 0. The first-order valence-corrected chi connectivity index (χ1v) is 5.95. The van der Waals surface area contributed by atoms with Crippen LogP contribution in [0.4, 0.5) is 0 Å². The number of rotatable bonds is 1. The van der Waals surface area contributed by atoms with Gasteiger partial charge in [-0.2, -0.15) is 0 Å². The molecule has 2 rings (SSSR count). The number of Topliss-reactive ketones (excluding diaryl/α,β-unsaturated/α-hetero) is 1. The highest BCUT2D eigenvalue weighted by atomic mass is 16.5. The van der Waals surface area contributed by atoms with Crippen LogP contribution in [-0.2, 0) is 14.3 Å². The van der Waals surface area contributed by atoms with Crippen molar-refractivity contribution in [2.24, 2.45) is 11.3 Å². The fourth-order valence-corrected chi connectivity index (χ4v) is 3.12. The van der Waals surface area contributed by atoms with E-state index in [1.807, 2.05) is 0 Å². The summed E-state index contributed by atoms with van der Waals surface area (Å²) in [6.45, 7) is 2.12. The van der Waals surface area contributed by atoms with Crippen LogP contribution in [-0.4, -0.2) is 18.9 Å². The van der Waals surface area contributed by atoms with Gasteiger partial charge in [-0.15, -0.1) is 0 Å². The van der Waals surface area contributed by atoms with Crippen LogP contribution in [0.2, 0.25) is 0 Å². The number of hydrogen-bond donors (Lipinski definition) is 0. The number of carbonyl (C=O) groups excluding carboxylic acids is 2. The molecular weight excluding hydrogens is 204 g/mol. The van der Waals surface area contributed by atoms with Crippen LogP contribution in [0.1, 0.15) is 39.0 Å². The van der Waals surface area contributed by atoms with E-state index < -0.39 is 5.97 Å². The van der Waals surface area contributed by atoms with E-state index in [1.54, 1.807) is 6.08 Å². The molecule has 3 nitrogen and oxygen atoms in total. The lowest BCUT2D eigenvalue weighted by Gasteiger charge is -2.37. The highest BCUT2D eigenvalue weighted by Crippen LogP contribution is 2.50. The van der Waals surface area contributed by atoms with Crippen molar-refractivity contribution in [3.05, 3.63) is 11.6 Å². The SMILES string of the molecule is COC(=O)C1=CC[C@@H](C)C2(CCCC2)C1=O. The summed E-state index contributed by atoms with van der Waals surface area (Å²) in [6.07, 6.45) is 6.64. The molecule has 0 aromatic heterocycles. The first kappa shape index (κ1) is 11.4. The van der Waals surface area contributed by atoms with Gasteiger partial charge in [-0.3, -0.25) is 4.79 Å². The lowest BCUT2D eigenvalue weighted by molar-refractivity contribution is -0.140. The van der Waals surface area contributed by atoms with E-state index >= 15 is 0 Å². The lowest BCUT2D eigenvalue weighted by Crippen LogP contribution is -2.40. The molecule has 0 amide bonds. The fraction of sp³-hybridized carbons (Fsp3) is 0.692. The highest BCUT2D eigenvalue weighted by molar-refractivity contribution is 6.20. The Balaban J connectivity index is 2.33. The minimum absolute atomic E-state index is 0.0237. The van der Waals surface area contributed by atoms with Gasteiger partial charge in [0, 0.05) is 5.41 Å². The molecule has 0 aliphatic heterocycles. The summed E-state index contributed by atoms with van der Waals surface area (Å²) < 4.78 is 4.67. The molecule has 1 saturated carbocycles. The van der Waals surface area contributed by atoms with Gasteiger partial charge in [-0.1, -0.05) is 25.8 Å². The van der Waals surface area contributed by atoms with Crippen LogP contribution in [0.5, 0.6) is 0 Å². The topological polar surface area (TPSA) is 43.4 Å². The van der Waals surface area contributed by atoms with Crippen molar-refractivity contribution >= 4 is 11.8 Å². The Kier molecular flexibility index (Phi) is 2.87. The maximum atomic E-state index is 12.4. The van der Waals surface area contributed by atoms with Crippen molar-refractivity contribution in [2.45, 2.75) is 39.0 Å². The molecule has 16 heavy (non-hydrogen) atoms. The average molecular weight is 222 g/mol. The number of ether oxygens (including phenoxy) is 1. The fourth-order valence-electron chi connectivity index (χ4n) is 3.12. The predicted octanol–water partition coefficient (Wildman–Crippen LogP) is 2.26. The van der Waals surface area contributed by atoms with Crippen molar-refractivity contribution < 1.29 is 14.3 Å². The van der Waals surface area contributed by atoms with Gasteiger partial charge in [0.05, 0.1) is 12.7 Å². The van der Waals surface area contributed by atoms with Crippen LogP contribution >= 0.6 is 0 Å². The zero-order valence-corrected chi connectivity index (χ0v) is 9.91. The van der Waals surface area contributed by atoms with Crippen molar-refractivity contribution in [1.82, 2.24) is 0 Å². The molecule has 1 spiro atoms. The third-order valence-electron chi connectivity index (χ3n) is 4.22. The van der Waals surface area contributed by atoms with Crippen LogP contribution in [0, 0.1) is 11.3 Å². The van der Waals surface area contributed by atoms with Gasteiger partial charge >= 0.3 is 5.97 Å². The van der Waals surface area contributed by atoms with Crippen LogP contribution in [0.3, 0.4) is 0 Å². The van der Waals surface area contributed by atoms with Gasteiger partial charge in [0.15, 0.2) is 5.78 Å². The molecule has 0 saturated heterocycles. The molecular formula is C13H18O3. The monoisotopic (exact) mass is 222 g/mol. The standard InChI is InChI=1S/C13H18O3/c1-9-5-6-10(12(15)16-2)11(14)13(9)7-3-4-8-13/h6,9H,3-5,7-8H2,1-2H3/t9-/m1/s1. The van der Waals surface area contributed by atoms with E-state index in [0.717, 1.165) is 32.1 Å². The minimum atomic E-state index is -0.469. The van der Waals surface area contributed by atoms with Crippen LogP contribution < -0.4 is 0 Å². The quantitative estimate of drug-likeness (QED) is 0.505. The van der Waals surface area contributed by atoms with Gasteiger partial charge in [0.2, 0.25) is 0 Å². The van der Waals surface area contributed by atoms with Gasteiger partial charge < -0.3 is 4.74 Å². The Labute approximate surface area is 95.9 Å². The summed E-state index contributed by atoms with van der Waals surface area (Å²) in [4.78, 5) is 23.9. The van der Waals surface area contributed by atoms with Crippen molar-refractivity contribution in [2.75, 3.05) is 7.11 Å². The summed E-state index contributed by atoms with van der Waals surface area (Å²) in [5, 5.41) is 0. The average Bonchev–Trinajstić information content (AvgIpc) is 2.76. The van der Waals surface area contributed by atoms with Gasteiger partial charge in [0.25, 0.3) is 0 Å². The Morgan fingerprint density at radius 3 is 2.62 bits per heavy atom. The molecule has 0 aromatic rings. The third kappa shape index (κ3) is 1.49. The highest BCUT2D eigenvalue weighted by Gasteiger charge is 2.49. The number of methoxy groups -OCH3 is 1. The van der Waals surface area contributed by atoms with Gasteiger partial charge in [-0.05, 0) is 25.2 Å². The number of allylic oxidation sites excluding steroid dienone is 1. The molecule has 2 aliphatic rings. The second-order valence-electron chi connectivity index (χ2n) is 4.94. The second-order valence-corrected chi connectivity index (χ2v) is 4.94. The number of hydrogen-bond acceptors (Lipinski definition) is 3. The first-order valence-electron chi connectivity index (χ1n) is 5.95. The van der Waals surface area contributed by atoms with Gasteiger partial charge in [0.1, 0.15) is 0 Å². The molecule has 88 valence electrons. The van der Waals surface area contributed by atoms with Gasteiger partial charge in [-0.25, -0.2) is 4.79 Å². The minimum Gasteiger partial charge on any atom is -0.465 e. The Morgan fingerprint density at radius 2 is 2.06 bits per heavy atom. The molecule has 0 N–H and O–H groups in total. The molecule has 0 bridgehead atoms. The number of esters is 1.